The first-order valence-corrected chi connectivity index (χ1v) is 10.9. The van der Waals surface area contributed by atoms with Crippen molar-refractivity contribution in [3.63, 3.8) is 0 Å². The summed E-state index contributed by atoms with van der Waals surface area (Å²) in [6.07, 6.45) is 0.681. The van der Waals surface area contributed by atoms with Crippen molar-refractivity contribution in [1.29, 1.82) is 0 Å². The Morgan fingerprint density at radius 1 is 0.781 bits per heavy atom. The molecule has 158 valence electrons. The van der Waals surface area contributed by atoms with Crippen molar-refractivity contribution >= 4 is 22.7 Å². The van der Waals surface area contributed by atoms with Crippen LogP contribution in [0, 0.1) is 5.92 Å². The molecule has 1 unspecified atom stereocenters. The molecule has 2 amide bonds. The second-order valence-electron chi connectivity index (χ2n) is 8.60. The maximum atomic E-state index is 13.3. The molecule has 1 aliphatic rings. The van der Waals surface area contributed by atoms with Crippen LogP contribution in [-0.4, -0.2) is 21.7 Å². The van der Waals surface area contributed by atoms with Gasteiger partial charge in [0.2, 0.25) is 0 Å². The number of carbonyl (C=O) groups is 2. The van der Waals surface area contributed by atoms with Gasteiger partial charge in [-0.05, 0) is 47.7 Å². The fraction of sp³-hybridized carbons (Fsp3) is 0.179. The van der Waals surface area contributed by atoms with Crippen LogP contribution in [0.2, 0.25) is 0 Å². The molecule has 4 nitrogen and oxygen atoms in total. The van der Waals surface area contributed by atoms with Crippen molar-refractivity contribution in [3.05, 3.63) is 113 Å². The Bertz CT molecular complexity index is 1290. The molecule has 0 fully saturated rings. The van der Waals surface area contributed by atoms with E-state index in [2.05, 4.69) is 18.2 Å². The molecule has 1 atom stereocenters. The van der Waals surface area contributed by atoms with Crippen LogP contribution < -0.4 is 0 Å². The van der Waals surface area contributed by atoms with E-state index >= 15 is 0 Å². The van der Waals surface area contributed by atoms with Gasteiger partial charge in [0.1, 0.15) is 0 Å². The molecule has 4 heteroatoms. The summed E-state index contributed by atoms with van der Waals surface area (Å²) in [5.41, 5.74) is 4.78. The van der Waals surface area contributed by atoms with Crippen LogP contribution in [0.5, 0.6) is 0 Å². The van der Waals surface area contributed by atoms with Gasteiger partial charge < -0.3 is 0 Å². The molecule has 0 bridgehead atoms. The van der Waals surface area contributed by atoms with Crippen LogP contribution in [0.3, 0.4) is 0 Å². The first kappa shape index (κ1) is 20.1. The smallest absolute Gasteiger partial charge is 0.262 e. The van der Waals surface area contributed by atoms with E-state index in [1.165, 1.54) is 4.90 Å². The van der Waals surface area contributed by atoms with Crippen molar-refractivity contribution in [2.45, 2.75) is 26.3 Å². The average Bonchev–Trinajstić information content (AvgIpc) is 3.05. The second kappa shape index (κ2) is 8.04. The summed E-state index contributed by atoms with van der Waals surface area (Å²) in [6.45, 7) is 4.08. The zero-order valence-electron chi connectivity index (χ0n) is 18.2. The number of nitrogens with zero attached hydrogens (tertiary/aromatic N) is 2. The van der Waals surface area contributed by atoms with E-state index in [1.54, 1.807) is 24.3 Å². The number of rotatable bonds is 5. The van der Waals surface area contributed by atoms with Crippen molar-refractivity contribution in [1.82, 2.24) is 9.88 Å². The number of hydrogen-bond donors (Lipinski definition) is 0. The standard InChI is InChI=1S/C28H24N2O2/c1-18(2)26(30-27(31)22-13-7-8-14-23(22)28(30)32)25-21(16-19-10-4-3-5-11-19)17-20-12-6-9-15-24(20)29-25/h3-15,17-18,26H,16H2,1-2H3. The van der Waals surface area contributed by atoms with E-state index < -0.39 is 6.04 Å². The summed E-state index contributed by atoms with van der Waals surface area (Å²) in [5, 5.41) is 1.05. The van der Waals surface area contributed by atoms with Gasteiger partial charge in [0, 0.05) is 5.39 Å². The van der Waals surface area contributed by atoms with Gasteiger partial charge in [0.15, 0.2) is 0 Å². The van der Waals surface area contributed by atoms with E-state index in [1.807, 2.05) is 56.3 Å². The Morgan fingerprint density at radius 2 is 1.38 bits per heavy atom. The SMILES string of the molecule is CC(C)C(c1nc2ccccc2cc1Cc1ccccc1)N1C(=O)c2ccccc2C1=O. The predicted octanol–water partition coefficient (Wildman–Crippen LogP) is 5.82. The molecule has 3 aromatic carbocycles. The van der Waals surface area contributed by atoms with E-state index in [0.717, 1.165) is 27.7 Å². The van der Waals surface area contributed by atoms with Gasteiger partial charge in [-0.25, -0.2) is 0 Å². The number of hydrogen-bond acceptors (Lipinski definition) is 3. The Labute approximate surface area is 187 Å². The minimum absolute atomic E-state index is 0.000368. The van der Waals surface area contributed by atoms with E-state index in [4.69, 9.17) is 4.98 Å². The number of para-hydroxylation sites is 1. The molecule has 4 aromatic rings. The second-order valence-corrected chi connectivity index (χ2v) is 8.60. The van der Waals surface area contributed by atoms with Crippen molar-refractivity contribution in [2.24, 2.45) is 5.92 Å². The minimum Gasteiger partial charge on any atom is -0.269 e. The molecule has 0 aliphatic carbocycles. The molecule has 5 rings (SSSR count). The van der Waals surface area contributed by atoms with Gasteiger partial charge in [-0.3, -0.25) is 19.5 Å². The fourth-order valence-corrected chi connectivity index (χ4v) is 4.58. The molecule has 1 aliphatic heterocycles. The molecule has 0 N–H and O–H groups in total. The third kappa shape index (κ3) is 3.38. The maximum absolute atomic E-state index is 13.3. The van der Waals surface area contributed by atoms with Crippen LogP contribution in [-0.2, 0) is 6.42 Å². The highest BCUT2D eigenvalue weighted by atomic mass is 16.2. The lowest BCUT2D eigenvalue weighted by atomic mass is 9.91. The highest BCUT2D eigenvalue weighted by Crippen LogP contribution is 2.37. The Hall–Kier alpha value is -3.79. The lowest BCUT2D eigenvalue weighted by molar-refractivity contribution is 0.0533. The molecule has 0 radical (unpaired) electrons. The highest BCUT2D eigenvalue weighted by Gasteiger charge is 2.42. The van der Waals surface area contributed by atoms with Gasteiger partial charge in [-0.1, -0.05) is 74.5 Å². The molecular formula is C28H24N2O2. The van der Waals surface area contributed by atoms with E-state index in [0.29, 0.717) is 17.5 Å². The summed E-state index contributed by atoms with van der Waals surface area (Å²) < 4.78 is 0. The third-order valence-corrected chi connectivity index (χ3v) is 6.09. The van der Waals surface area contributed by atoms with E-state index in [9.17, 15) is 9.59 Å². The number of fused-ring (bicyclic) bond motifs is 2. The Morgan fingerprint density at radius 3 is 2.03 bits per heavy atom. The number of benzene rings is 3. The van der Waals surface area contributed by atoms with Crippen LogP contribution >= 0.6 is 0 Å². The zero-order valence-corrected chi connectivity index (χ0v) is 18.2. The third-order valence-electron chi connectivity index (χ3n) is 6.09. The Kier molecular flexibility index (Phi) is 5.06. The molecule has 0 spiro atoms. The summed E-state index contributed by atoms with van der Waals surface area (Å²) in [5.74, 6) is -0.491. The topological polar surface area (TPSA) is 50.3 Å². The number of amides is 2. The monoisotopic (exact) mass is 420 g/mol. The number of carbonyl (C=O) groups excluding carboxylic acids is 2. The summed E-state index contributed by atoms with van der Waals surface area (Å²) in [4.78, 5) is 33.1. The minimum atomic E-state index is -0.453. The van der Waals surface area contributed by atoms with Crippen LogP contribution in [0.1, 0.15) is 57.4 Å². The van der Waals surface area contributed by atoms with Crippen molar-refractivity contribution in [2.75, 3.05) is 0 Å². The normalized spacial score (nSPS) is 14.3. The molecular weight excluding hydrogens is 396 g/mol. The van der Waals surface area contributed by atoms with Gasteiger partial charge in [-0.15, -0.1) is 0 Å². The number of aromatic nitrogens is 1. The summed E-state index contributed by atoms with van der Waals surface area (Å²) in [6, 6.07) is 27.0. The lowest BCUT2D eigenvalue weighted by Crippen LogP contribution is -2.38. The molecule has 0 saturated heterocycles. The van der Waals surface area contributed by atoms with Gasteiger partial charge in [0.25, 0.3) is 11.8 Å². The predicted molar refractivity (Wildman–Crippen MR) is 126 cm³/mol. The van der Waals surface area contributed by atoms with E-state index in [-0.39, 0.29) is 17.7 Å². The number of imide groups is 1. The fourth-order valence-electron chi connectivity index (χ4n) is 4.58. The molecule has 2 heterocycles. The molecule has 0 saturated carbocycles. The van der Waals surface area contributed by atoms with Crippen LogP contribution in [0.4, 0.5) is 0 Å². The van der Waals surface area contributed by atoms with Crippen molar-refractivity contribution in [3.8, 4) is 0 Å². The summed E-state index contributed by atoms with van der Waals surface area (Å²) in [7, 11) is 0. The highest BCUT2D eigenvalue weighted by molar-refractivity contribution is 6.21. The van der Waals surface area contributed by atoms with Gasteiger partial charge in [0.05, 0.1) is 28.4 Å². The average molecular weight is 421 g/mol. The van der Waals surface area contributed by atoms with Crippen LogP contribution in [0.15, 0.2) is 84.9 Å². The Balaban J connectivity index is 1.68. The zero-order chi connectivity index (χ0) is 22.2. The largest absolute Gasteiger partial charge is 0.269 e. The molecule has 32 heavy (non-hydrogen) atoms. The van der Waals surface area contributed by atoms with Crippen molar-refractivity contribution < 1.29 is 9.59 Å². The molecule has 1 aromatic heterocycles. The lowest BCUT2D eigenvalue weighted by Gasteiger charge is -2.31. The van der Waals surface area contributed by atoms with Gasteiger partial charge >= 0.3 is 0 Å². The number of pyridine rings is 1. The maximum Gasteiger partial charge on any atom is 0.262 e. The summed E-state index contributed by atoms with van der Waals surface area (Å²) >= 11 is 0. The quantitative estimate of drug-likeness (QED) is 0.382. The first-order valence-electron chi connectivity index (χ1n) is 10.9. The van der Waals surface area contributed by atoms with Gasteiger partial charge in [-0.2, -0.15) is 0 Å². The van der Waals surface area contributed by atoms with Crippen LogP contribution in [0.25, 0.3) is 10.9 Å². The first-order chi connectivity index (χ1) is 15.5.